The van der Waals surface area contributed by atoms with Crippen LogP contribution in [0.3, 0.4) is 0 Å². The van der Waals surface area contributed by atoms with E-state index in [1.165, 1.54) is 36.1 Å². The Morgan fingerprint density at radius 2 is 1.93 bits per heavy atom. The number of anilines is 1. The van der Waals surface area contributed by atoms with Crippen LogP contribution >= 0.6 is 0 Å². The molecule has 8 nitrogen and oxygen atoms in total. The maximum Gasteiger partial charge on any atom is 0.406 e. The molecule has 0 amide bonds. The summed E-state index contributed by atoms with van der Waals surface area (Å²) < 4.78 is 76.0. The van der Waals surface area contributed by atoms with Gasteiger partial charge in [-0.3, -0.25) is 13.9 Å². The van der Waals surface area contributed by atoms with Crippen molar-refractivity contribution in [1.82, 2.24) is 19.0 Å². The van der Waals surface area contributed by atoms with Crippen LogP contribution in [0.15, 0.2) is 63.4 Å². The number of piperidine rings is 1. The number of hydrogen-bond donors (Lipinski definition) is 1. The van der Waals surface area contributed by atoms with Gasteiger partial charge in [-0.15, -0.1) is 0 Å². The van der Waals surface area contributed by atoms with Crippen LogP contribution in [0.2, 0.25) is 0 Å². The first-order valence-corrected chi connectivity index (χ1v) is 13.8. The molecule has 1 aliphatic rings. The van der Waals surface area contributed by atoms with E-state index < -0.39 is 29.9 Å². The van der Waals surface area contributed by atoms with Gasteiger partial charge in [0.2, 0.25) is 5.95 Å². The average molecular weight is 603 g/mol. The van der Waals surface area contributed by atoms with Crippen molar-refractivity contribution in [3.8, 4) is 0 Å². The molecule has 1 aromatic carbocycles. The first-order chi connectivity index (χ1) is 20.4. The first kappa shape index (κ1) is 30.2. The molecular formula is C30H31F5N6O2. The van der Waals surface area contributed by atoms with E-state index in [0.717, 1.165) is 6.07 Å². The van der Waals surface area contributed by atoms with Crippen LogP contribution in [-0.2, 0) is 20.0 Å². The smallest absolute Gasteiger partial charge is 0.406 e. The van der Waals surface area contributed by atoms with Gasteiger partial charge in [0.15, 0.2) is 11.2 Å². The molecule has 1 saturated heterocycles. The number of nitrogens with two attached hydrogens (primary N) is 1. The summed E-state index contributed by atoms with van der Waals surface area (Å²) in [5.74, 6) is -0.889. The summed E-state index contributed by atoms with van der Waals surface area (Å²) in [5.41, 5.74) is 6.08. The number of hydrogen-bond acceptors (Lipinski definition) is 6. The number of nitrogen functional groups attached to an aromatic ring is 1. The third-order valence-electron chi connectivity index (χ3n) is 7.75. The van der Waals surface area contributed by atoms with Crippen LogP contribution in [0, 0.1) is 11.6 Å². The highest BCUT2D eigenvalue weighted by molar-refractivity contribution is 5.76. The number of aromatic nitrogens is 3. The molecule has 0 spiro atoms. The van der Waals surface area contributed by atoms with E-state index in [2.05, 4.69) is 21.5 Å². The van der Waals surface area contributed by atoms with E-state index in [4.69, 9.17) is 10.2 Å². The van der Waals surface area contributed by atoms with E-state index in [0.29, 0.717) is 54.8 Å². The van der Waals surface area contributed by atoms with E-state index in [1.807, 2.05) is 0 Å². The topological polar surface area (TPSA) is 94.6 Å². The molecule has 4 aromatic rings. The predicted molar refractivity (Wildman–Crippen MR) is 152 cm³/mol. The number of likely N-dealkylation sites (tertiary alicyclic amines) is 1. The maximum absolute atomic E-state index is 14.2. The highest BCUT2D eigenvalue weighted by Crippen LogP contribution is 2.30. The van der Waals surface area contributed by atoms with E-state index in [9.17, 15) is 26.7 Å². The van der Waals surface area contributed by atoms with Crippen molar-refractivity contribution < 1.29 is 26.4 Å². The Balaban J connectivity index is 1.40. The number of halogens is 5. The fourth-order valence-electron chi connectivity index (χ4n) is 5.55. The van der Waals surface area contributed by atoms with Gasteiger partial charge >= 0.3 is 6.18 Å². The van der Waals surface area contributed by atoms with Crippen molar-refractivity contribution in [2.45, 2.75) is 44.3 Å². The molecule has 1 aliphatic heterocycles. The molecule has 0 atom stereocenters. The van der Waals surface area contributed by atoms with Gasteiger partial charge in [-0.25, -0.2) is 18.8 Å². The molecule has 0 saturated carbocycles. The van der Waals surface area contributed by atoms with E-state index in [-0.39, 0.29) is 46.1 Å². The Bertz CT molecular complexity index is 1770. The SMILES string of the molecule is C=C(N=c1c2c(cc(CCCN3CCC(c4ccc(F)cc4F)CC3)c(=O)n2CC(F)(F)F)nc(N)n1C)c1ccco1. The Morgan fingerprint density at radius 1 is 1.19 bits per heavy atom. The van der Waals surface area contributed by atoms with Crippen molar-refractivity contribution in [2.24, 2.45) is 12.0 Å². The lowest BCUT2D eigenvalue weighted by atomic mass is 9.89. The third kappa shape index (κ3) is 6.71. The number of benzene rings is 1. The summed E-state index contributed by atoms with van der Waals surface area (Å²) >= 11 is 0. The fraction of sp³-hybridized carbons (Fsp3) is 0.367. The highest BCUT2D eigenvalue weighted by atomic mass is 19.4. The monoisotopic (exact) mass is 602 g/mol. The normalized spacial score (nSPS) is 15.4. The average Bonchev–Trinajstić information content (AvgIpc) is 3.49. The minimum absolute atomic E-state index is 0.0119. The molecule has 228 valence electrons. The minimum atomic E-state index is -4.70. The number of rotatable bonds is 8. The largest absolute Gasteiger partial charge is 0.463 e. The summed E-state index contributed by atoms with van der Waals surface area (Å²) in [4.78, 5) is 24.3. The van der Waals surface area contributed by atoms with Crippen molar-refractivity contribution in [1.29, 1.82) is 0 Å². The van der Waals surface area contributed by atoms with Crippen molar-refractivity contribution in [2.75, 3.05) is 25.4 Å². The summed E-state index contributed by atoms with van der Waals surface area (Å²) in [6.45, 7) is 4.26. The zero-order valence-electron chi connectivity index (χ0n) is 23.5. The summed E-state index contributed by atoms with van der Waals surface area (Å²) in [7, 11) is 1.49. The second-order valence-electron chi connectivity index (χ2n) is 10.7. The van der Waals surface area contributed by atoms with Crippen LogP contribution < -0.4 is 16.8 Å². The van der Waals surface area contributed by atoms with Crippen LogP contribution in [-0.4, -0.2) is 44.8 Å². The molecule has 2 N–H and O–H groups in total. The second kappa shape index (κ2) is 12.2. The van der Waals surface area contributed by atoms with Crippen LogP contribution in [0.4, 0.5) is 27.9 Å². The van der Waals surface area contributed by atoms with Gasteiger partial charge in [-0.2, -0.15) is 13.2 Å². The zero-order valence-corrected chi connectivity index (χ0v) is 23.5. The van der Waals surface area contributed by atoms with Crippen molar-refractivity contribution >= 4 is 22.7 Å². The van der Waals surface area contributed by atoms with E-state index in [1.54, 1.807) is 12.1 Å². The second-order valence-corrected chi connectivity index (χ2v) is 10.7. The van der Waals surface area contributed by atoms with Crippen LogP contribution in [0.1, 0.15) is 42.1 Å². The zero-order chi connectivity index (χ0) is 30.9. The summed E-state index contributed by atoms with van der Waals surface area (Å²) in [6.07, 6.45) is -1.19. The van der Waals surface area contributed by atoms with Crippen LogP contribution in [0.5, 0.6) is 0 Å². The van der Waals surface area contributed by atoms with Crippen LogP contribution in [0.25, 0.3) is 16.7 Å². The van der Waals surface area contributed by atoms with Gasteiger partial charge in [0.25, 0.3) is 5.56 Å². The third-order valence-corrected chi connectivity index (χ3v) is 7.75. The first-order valence-electron chi connectivity index (χ1n) is 13.8. The molecule has 0 radical (unpaired) electrons. The minimum Gasteiger partial charge on any atom is -0.463 e. The number of nitrogens with zero attached hydrogens (tertiary/aromatic N) is 5. The molecular weight excluding hydrogens is 571 g/mol. The predicted octanol–water partition coefficient (Wildman–Crippen LogP) is 5.13. The quantitative estimate of drug-likeness (QED) is 0.282. The Labute approximate surface area is 243 Å². The lowest BCUT2D eigenvalue weighted by molar-refractivity contribution is -0.140. The molecule has 3 aromatic heterocycles. The lowest BCUT2D eigenvalue weighted by Gasteiger charge is -2.32. The molecule has 13 heteroatoms. The summed E-state index contributed by atoms with van der Waals surface area (Å²) in [5, 5.41) is 0. The van der Waals surface area contributed by atoms with E-state index >= 15 is 0 Å². The standard InChI is InChI=1S/C30H31F5N6O2/c1-18(25-6-4-14-43-25)37-27-26-24(38-29(36)39(27)2)15-20(28(42)41(26)17-30(33,34)35)5-3-11-40-12-9-19(10-13-40)22-8-7-21(31)16-23(22)32/h4,6-8,14-16,19H,1,3,5,9-13,17H2,2H3,(H2,36,38). The van der Waals surface area contributed by atoms with Gasteiger partial charge in [0.05, 0.1) is 11.8 Å². The van der Waals surface area contributed by atoms with Gasteiger partial charge in [0, 0.05) is 18.7 Å². The fourth-order valence-corrected chi connectivity index (χ4v) is 5.55. The molecule has 4 heterocycles. The Hall–Kier alpha value is -4.26. The molecule has 1 fully saturated rings. The van der Waals surface area contributed by atoms with Gasteiger partial charge < -0.3 is 15.1 Å². The molecule has 0 bridgehead atoms. The number of alkyl halides is 3. The van der Waals surface area contributed by atoms with Gasteiger partial charge in [-0.05, 0) is 81.1 Å². The summed E-state index contributed by atoms with van der Waals surface area (Å²) in [6, 6.07) is 8.33. The Kier molecular flexibility index (Phi) is 8.54. The molecule has 0 unspecified atom stereocenters. The number of fused-ring (bicyclic) bond motifs is 1. The molecule has 5 rings (SSSR count). The van der Waals surface area contributed by atoms with Gasteiger partial charge in [0.1, 0.15) is 29.4 Å². The maximum atomic E-state index is 14.2. The number of furan rings is 1. The Morgan fingerprint density at radius 3 is 2.58 bits per heavy atom. The van der Waals surface area contributed by atoms with Crippen molar-refractivity contribution in [3.63, 3.8) is 0 Å². The van der Waals surface area contributed by atoms with Crippen molar-refractivity contribution in [3.05, 3.63) is 93.6 Å². The van der Waals surface area contributed by atoms with Gasteiger partial charge in [-0.1, -0.05) is 12.6 Å². The number of pyridine rings is 1. The lowest BCUT2D eigenvalue weighted by Crippen LogP contribution is -2.36. The number of aryl methyl sites for hydroxylation is 1. The highest BCUT2D eigenvalue weighted by Gasteiger charge is 2.31. The molecule has 0 aliphatic carbocycles. The molecule has 43 heavy (non-hydrogen) atoms.